The Balaban J connectivity index is 1.75. The molecule has 0 aliphatic heterocycles. The number of hydrogen-bond acceptors (Lipinski definition) is 3. The van der Waals surface area contributed by atoms with Gasteiger partial charge >= 0.3 is 0 Å². The molecule has 3 N–H and O–H groups in total. The summed E-state index contributed by atoms with van der Waals surface area (Å²) in [4.78, 5) is 0. The Morgan fingerprint density at radius 3 is 2.37 bits per heavy atom. The number of nitrogens with one attached hydrogen (secondary N) is 1. The third-order valence-electron chi connectivity index (χ3n) is 5.62. The first-order chi connectivity index (χ1) is 9.18. The second-order valence-electron chi connectivity index (χ2n) is 7.14. The highest BCUT2D eigenvalue weighted by atomic mass is 15.4. The molecule has 4 fully saturated rings. The normalized spacial score (nSPS) is 39.9. The fourth-order valence-corrected chi connectivity index (χ4v) is 5.48. The zero-order valence-electron chi connectivity index (χ0n) is 11.7. The summed E-state index contributed by atoms with van der Waals surface area (Å²) < 4.78 is 2.31. The van der Waals surface area contributed by atoms with Gasteiger partial charge in [-0.25, -0.2) is 0 Å². The van der Waals surface area contributed by atoms with Gasteiger partial charge in [-0.2, -0.15) is 5.10 Å². The number of hydrogen-bond donors (Lipinski definition) is 2. The minimum Gasteiger partial charge on any atom is -0.382 e. The van der Waals surface area contributed by atoms with E-state index >= 15 is 0 Å². The van der Waals surface area contributed by atoms with Crippen molar-refractivity contribution in [2.24, 2.45) is 17.8 Å². The third kappa shape index (κ3) is 1.72. The molecule has 4 bridgehead atoms. The first-order valence-electron chi connectivity index (χ1n) is 7.68. The molecule has 0 radical (unpaired) electrons. The van der Waals surface area contributed by atoms with E-state index in [1.54, 1.807) is 0 Å². The van der Waals surface area contributed by atoms with E-state index in [2.05, 4.69) is 21.2 Å². The van der Waals surface area contributed by atoms with Gasteiger partial charge in [-0.05, 0) is 63.3 Å². The van der Waals surface area contributed by atoms with Crippen LogP contribution in [0.4, 0.5) is 5.82 Å². The Morgan fingerprint density at radius 1 is 1.26 bits per heavy atom. The van der Waals surface area contributed by atoms with E-state index in [4.69, 9.17) is 5.73 Å². The average Bonchev–Trinajstić information content (AvgIpc) is 2.70. The van der Waals surface area contributed by atoms with Crippen LogP contribution in [0.3, 0.4) is 0 Å². The summed E-state index contributed by atoms with van der Waals surface area (Å²) in [6.07, 6.45) is 8.40. The van der Waals surface area contributed by atoms with Crippen molar-refractivity contribution in [3.8, 4) is 0 Å². The van der Waals surface area contributed by atoms with E-state index in [0.29, 0.717) is 11.4 Å². The van der Waals surface area contributed by atoms with E-state index in [9.17, 15) is 0 Å². The van der Waals surface area contributed by atoms with Crippen LogP contribution in [0.25, 0.3) is 0 Å². The van der Waals surface area contributed by atoms with Crippen LogP contribution < -0.4 is 11.1 Å². The summed E-state index contributed by atoms with van der Waals surface area (Å²) in [5.41, 5.74) is 7.52. The van der Waals surface area contributed by atoms with Crippen LogP contribution in [-0.4, -0.2) is 16.8 Å². The largest absolute Gasteiger partial charge is 0.382 e. The van der Waals surface area contributed by atoms with Crippen LogP contribution in [0, 0.1) is 17.8 Å². The summed E-state index contributed by atoms with van der Waals surface area (Å²) in [6, 6.07) is 2.05. The lowest BCUT2D eigenvalue weighted by Crippen LogP contribution is -2.52. The van der Waals surface area contributed by atoms with Crippen molar-refractivity contribution in [2.45, 2.75) is 50.6 Å². The minimum atomic E-state index is 0.290. The molecule has 0 spiro atoms. The fourth-order valence-electron chi connectivity index (χ4n) is 5.48. The summed E-state index contributed by atoms with van der Waals surface area (Å²) in [7, 11) is 1.99. The second kappa shape index (κ2) is 3.98. The molecular formula is C15H24N4. The van der Waals surface area contributed by atoms with Gasteiger partial charge in [0.2, 0.25) is 0 Å². The zero-order chi connectivity index (χ0) is 13.0. The Hall–Kier alpha value is -1.03. The maximum absolute atomic E-state index is 5.97. The first-order valence-corrected chi connectivity index (χ1v) is 7.68. The van der Waals surface area contributed by atoms with Crippen molar-refractivity contribution in [1.82, 2.24) is 15.1 Å². The maximum atomic E-state index is 5.97. The standard InChI is InChI=1S/C15H24N4/c1-17-9-13-5-14(16)18-19(13)15-6-10-2-11(7-15)4-12(3-10)8-15/h5,10-12,17H,2-4,6-9H2,1H3,(H2,16,18). The number of anilines is 1. The van der Waals surface area contributed by atoms with Crippen molar-refractivity contribution in [1.29, 1.82) is 0 Å². The van der Waals surface area contributed by atoms with Gasteiger partial charge in [-0.1, -0.05) is 0 Å². The second-order valence-corrected chi connectivity index (χ2v) is 7.14. The van der Waals surface area contributed by atoms with Gasteiger partial charge in [0.15, 0.2) is 0 Å². The SMILES string of the molecule is CNCc1cc(N)nn1C12CC3CC(CC(C3)C1)C2. The topological polar surface area (TPSA) is 55.9 Å². The van der Waals surface area contributed by atoms with Gasteiger partial charge in [-0.15, -0.1) is 0 Å². The zero-order valence-corrected chi connectivity index (χ0v) is 11.7. The monoisotopic (exact) mass is 260 g/mol. The molecule has 4 heteroatoms. The van der Waals surface area contributed by atoms with Crippen LogP contribution in [-0.2, 0) is 12.1 Å². The molecule has 4 aliphatic carbocycles. The highest BCUT2D eigenvalue weighted by Crippen LogP contribution is 2.58. The summed E-state index contributed by atoms with van der Waals surface area (Å²) in [6.45, 7) is 0.867. The summed E-state index contributed by atoms with van der Waals surface area (Å²) in [5.74, 6) is 3.51. The molecule has 1 aromatic rings. The number of nitrogens with two attached hydrogens (primary N) is 1. The lowest BCUT2D eigenvalue weighted by Gasteiger charge is -2.57. The van der Waals surface area contributed by atoms with E-state index in [1.807, 2.05) is 7.05 Å². The van der Waals surface area contributed by atoms with Gasteiger partial charge in [0.05, 0.1) is 11.2 Å². The molecule has 104 valence electrons. The molecule has 1 heterocycles. The number of rotatable bonds is 3. The predicted octanol–water partition coefficient (Wildman–Crippen LogP) is 2.11. The molecule has 0 atom stereocenters. The van der Waals surface area contributed by atoms with Crippen LogP contribution in [0.1, 0.15) is 44.2 Å². The summed E-state index contributed by atoms with van der Waals surface area (Å²) >= 11 is 0. The molecule has 19 heavy (non-hydrogen) atoms. The van der Waals surface area contributed by atoms with Crippen molar-refractivity contribution >= 4 is 5.82 Å². The van der Waals surface area contributed by atoms with Crippen LogP contribution in [0.2, 0.25) is 0 Å². The van der Waals surface area contributed by atoms with Crippen LogP contribution in [0.15, 0.2) is 6.07 Å². The molecule has 4 aliphatic rings. The molecule has 0 saturated heterocycles. The number of nitrogen functional groups attached to an aromatic ring is 1. The third-order valence-corrected chi connectivity index (χ3v) is 5.62. The molecule has 0 aromatic carbocycles. The van der Waals surface area contributed by atoms with E-state index in [-0.39, 0.29) is 0 Å². The van der Waals surface area contributed by atoms with E-state index < -0.39 is 0 Å². The quantitative estimate of drug-likeness (QED) is 0.875. The summed E-state index contributed by atoms with van der Waals surface area (Å²) in [5, 5.41) is 7.93. The van der Waals surface area contributed by atoms with E-state index in [0.717, 1.165) is 24.3 Å². The minimum absolute atomic E-state index is 0.290. The average molecular weight is 260 g/mol. The molecular weight excluding hydrogens is 236 g/mol. The Morgan fingerprint density at radius 2 is 1.84 bits per heavy atom. The van der Waals surface area contributed by atoms with Crippen LogP contribution >= 0.6 is 0 Å². The predicted molar refractivity (Wildman–Crippen MR) is 75.5 cm³/mol. The Bertz CT molecular complexity index is 455. The van der Waals surface area contributed by atoms with Crippen molar-refractivity contribution in [3.63, 3.8) is 0 Å². The Kier molecular flexibility index (Phi) is 2.47. The first kappa shape index (κ1) is 11.8. The van der Waals surface area contributed by atoms with Crippen molar-refractivity contribution in [3.05, 3.63) is 11.8 Å². The van der Waals surface area contributed by atoms with Gasteiger partial charge in [0.25, 0.3) is 0 Å². The maximum Gasteiger partial charge on any atom is 0.145 e. The van der Waals surface area contributed by atoms with E-state index in [1.165, 1.54) is 44.2 Å². The number of nitrogens with zero attached hydrogens (tertiary/aromatic N) is 2. The molecule has 0 amide bonds. The fraction of sp³-hybridized carbons (Fsp3) is 0.800. The van der Waals surface area contributed by atoms with Crippen molar-refractivity contribution < 1.29 is 0 Å². The molecule has 1 aromatic heterocycles. The lowest BCUT2D eigenvalue weighted by atomic mass is 9.53. The number of aromatic nitrogens is 2. The van der Waals surface area contributed by atoms with Gasteiger partial charge in [0, 0.05) is 12.6 Å². The molecule has 5 rings (SSSR count). The highest BCUT2D eigenvalue weighted by molar-refractivity contribution is 5.31. The molecule has 4 nitrogen and oxygen atoms in total. The van der Waals surface area contributed by atoms with Gasteiger partial charge < -0.3 is 11.1 Å². The van der Waals surface area contributed by atoms with Crippen molar-refractivity contribution in [2.75, 3.05) is 12.8 Å². The molecule has 0 unspecified atom stereocenters. The molecule has 4 saturated carbocycles. The van der Waals surface area contributed by atoms with Gasteiger partial charge in [-0.3, -0.25) is 4.68 Å². The smallest absolute Gasteiger partial charge is 0.145 e. The van der Waals surface area contributed by atoms with Crippen LogP contribution in [0.5, 0.6) is 0 Å². The highest BCUT2D eigenvalue weighted by Gasteiger charge is 2.52. The van der Waals surface area contributed by atoms with Gasteiger partial charge in [0.1, 0.15) is 5.82 Å². The Labute approximate surface area is 114 Å². The lowest BCUT2D eigenvalue weighted by molar-refractivity contribution is -0.0507.